The topological polar surface area (TPSA) is 86.2 Å². The van der Waals surface area contributed by atoms with Crippen molar-refractivity contribution in [3.63, 3.8) is 0 Å². The second-order valence-corrected chi connectivity index (χ2v) is 9.25. The third-order valence-corrected chi connectivity index (χ3v) is 7.44. The van der Waals surface area contributed by atoms with E-state index in [9.17, 15) is 8.42 Å². The molecule has 0 spiro atoms. The first-order valence-corrected chi connectivity index (χ1v) is 10.2. The zero-order chi connectivity index (χ0) is 18.3. The maximum absolute atomic E-state index is 13.1. The average Bonchev–Trinajstić information content (AvgIpc) is 3.30. The molecule has 0 fully saturated rings. The van der Waals surface area contributed by atoms with E-state index in [-0.39, 0.29) is 6.54 Å². The zero-order valence-corrected chi connectivity index (χ0v) is 15.5. The molecule has 4 rings (SSSR count). The van der Waals surface area contributed by atoms with Crippen molar-refractivity contribution >= 4 is 27.0 Å². The molecule has 2 aromatic heterocycles. The van der Waals surface area contributed by atoms with Crippen molar-refractivity contribution in [3.05, 3.63) is 53.0 Å². The summed E-state index contributed by atoms with van der Waals surface area (Å²) < 4.78 is 33.5. The number of hydrogen-bond donors (Lipinski definition) is 1. The summed E-state index contributed by atoms with van der Waals surface area (Å²) in [5.41, 5.74) is 2.50. The number of nitriles is 1. The van der Waals surface area contributed by atoms with E-state index in [0.29, 0.717) is 27.9 Å². The second kappa shape index (κ2) is 6.20. The van der Waals surface area contributed by atoms with Gasteiger partial charge >= 0.3 is 0 Å². The Kier molecular flexibility index (Phi) is 3.98. The molecular weight excluding hydrogens is 370 g/mol. The summed E-state index contributed by atoms with van der Waals surface area (Å²) in [5, 5.41) is 8.98. The number of sulfonamides is 1. The number of hydrogen-bond acceptors (Lipinski definition) is 5. The van der Waals surface area contributed by atoms with Crippen LogP contribution in [-0.4, -0.2) is 26.6 Å². The van der Waals surface area contributed by atoms with Crippen LogP contribution in [0.3, 0.4) is 0 Å². The summed E-state index contributed by atoms with van der Waals surface area (Å²) in [5.74, 6) is 0.531. The molecule has 1 N–H and O–H groups in total. The van der Waals surface area contributed by atoms with Crippen LogP contribution < -0.4 is 9.04 Å². The lowest BCUT2D eigenvalue weighted by atomic mass is 10.1. The van der Waals surface area contributed by atoms with Crippen molar-refractivity contribution in [2.75, 3.05) is 17.5 Å². The Morgan fingerprint density at radius 2 is 2.08 bits per heavy atom. The SMILES string of the molecule is Cc1ccc(S(=O)(=O)N2CCOc3ccc(-c4ccc(C#N)[nH]4)cc32)s1. The number of aromatic nitrogens is 1. The van der Waals surface area contributed by atoms with Crippen LogP contribution in [0.2, 0.25) is 0 Å². The highest BCUT2D eigenvalue weighted by molar-refractivity contribution is 7.94. The summed E-state index contributed by atoms with van der Waals surface area (Å²) >= 11 is 1.26. The Hall–Kier alpha value is -2.76. The highest BCUT2D eigenvalue weighted by Gasteiger charge is 2.31. The van der Waals surface area contributed by atoms with Crippen LogP contribution in [0.15, 0.2) is 46.7 Å². The maximum atomic E-state index is 13.1. The fourth-order valence-electron chi connectivity index (χ4n) is 2.90. The minimum absolute atomic E-state index is 0.254. The van der Waals surface area contributed by atoms with Gasteiger partial charge in [-0.3, -0.25) is 4.31 Å². The van der Waals surface area contributed by atoms with Gasteiger partial charge in [-0.25, -0.2) is 8.42 Å². The third-order valence-electron chi connectivity index (χ3n) is 4.16. The third kappa shape index (κ3) is 2.75. The quantitative estimate of drug-likeness (QED) is 0.747. The van der Waals surface area contributed by atoms with E-state index in [4.69, 9.17) is 10.00 Å². The van der Waals surface area contributed by atoms with Crippen molar-refractivity contribution < 1.29 is 13.2 Å². The van der Waals surface area contributed by atoms with Crippen molar-refractivity contribution in [1.29, 1.82) is 5.26 Å². The molecule has 3 heterocycles. The number of thiophene rings is 1. The van der Waals surface area contributed by atoms with E-state index in [1.165, 1.54) is 15.6 Å². The van der Waals surface area contributed by atoms with Gasteiger partial charge in [-0.2, -0.15) is 5.26 Å². The molecule has 1 aliphatic heterocycles. The number of aromatic amines is 1. The van der Waals surface area contributed by atoms with Crippen LogP contribution in [0, 0.1) is 18.3 Å². The predicted octanol–water partition coefficient (Wildman–Crippen LogP) is 3.51. The number of benzene rings is 1. The van der Waals surface area contributed by atoms with Gasteiger partial charge in [-0.15, -0.1) is 11.3 Å². The average molecular weight is 385 g/mol. The van der Waals surface area contributed by atoms with Crippen molar-refractivity contribution in [1.82, 2.24) is 4.98 Å². The molecule has 0 unspecified atom stereocenters. The van der Waals surface area contributed by atoms with E-state index in [1.807, 2.05) is 13.0 Å². The minimum Gasteiger partial charge on any atom is -0.489 e. The van der Waals surface area contributed by atoms with E-state index in [0.717, 1.165) is 16.1 Å². The fraction of sp³-hybridized carbons (Fsp3) is 0.167. The van der Waals surface area contributed by atoms with E-state index in [1.54, 1.807) is 36.4 Å². The molecule has 0 bridgehead atoms. The summed E-state index contributed by atoms with van der Waals surface area (Å²) in [7, 11) is -3.64. The molecule has 1 aliphatic rings. The maximum Gasteiger partial charge on any atom is 0.274 e. The van der Waals surface area contributed by atoms with Crippen LogP contribution in [-0.2, 0) is 10.0 Å². The molecule has 0 atom stereocenters. The molecule has 1 aromatic carbocycles. The Balaban J connectivity index is 1.80. The number of fused-ring (bicyclic) bond motifs is 1. The number of aryl methyl sites for hydroxylation is 1. The molecule has 0 aliphatic carbocycles. The van der Waals surface area contributed by atoms with Gasteiger partial charge in [0.05, 0.1) is 12.2 Å². The number of H-pyrrole nitrogens is 1. The van der Waals surface area contributed by atoms with Gasteiger partial charge in [0.15, 0.2) is 0 Å². The minimum atomic E-state index is -3.64. The number of nitrogens with zero attached hydrogens (tertiary/aromatic N) is 2. The highest BCUT2D eigenvalue weighted by atomic mass is 32.2. The van der Waals surface area contributed by atoms with Gasteiger partial charge in [0.25, 0.3) is 10.0 Å². The van der Waals surface area contributed by atoms with Crippen LogP contribution in [0.1, 0.15) is 10.6 Å². The largest absolute Gasteiger partial charge is 0.489 e. The smallest absolute Gasteiger partial charge is 0.274 e. The molecule has 0 amide bonds. The lowest BCUT2D eigenvalue weighted by Gasteiger charge is -2.30. The van der Waals surface area contributed by atoms with Crippen molar-refractivity contribution in [3.8, 4) is 23.1 Å². The number of nitrogens with one attached hydrogen (secondary N) is 1. The van der Waals surface area contributed by atoms with Gasteiger partial charge in [0.1, 0.15) is 28.3 Å². The van der Waals surface area contributed by atoms with Crippen LogP contribution in [0.4, 0.5) is 5.69 Å². The molecule has 3 aromatic rings. The fourth-order valence-corrected chi connectivity index (χ4v) is 5.75. The lowest BCUT2D eigenvalue weighted by molar-refractivity contribution is 0.316. The molecule has 132 valence electrons. The normalized spacial score (nSPS) is 13.8. The molecule has 26 heavy (non-hydrogen) atoms. The number of ether oxygens (including phenoxy) is 1. The van der Waals surface area contributed by atoms with Gasteiger partial charge in [0, 0.05) is 16.1 Å². The standard InChI is InChI=1S/C18H15N3O3S2/c1-12-2-7-18(25-12)26(22,23)21-8-9-24-17-6-3-13(10-16(17)21)15-5-4-14(11-19)20-15/h2-7,10,20H,8-9H2,1H3. The Labute approximate surface area is 155 Å². The second-order valence-electron chi connectivity index (χ2n) is 5.87. The molecule has 0 saturated heterocycles. The monoisotopic (exact) mass is 385 g/mol. The van der Waals surface area contributed by atoms with E-state index >= 15 is 0 Å². The van der Waals surface area contributed by atoms with Crippen LogP contribution in [0.25, 0.3) is 11.3 Å². The van der Waals surface area contributed by atoms with E-state index < -0.39 is 10.0 Å². The van der Waals surface area contributed by atoms with Crippen molar-refractivity contribution in [2.45, 2.75) is 11.1 Å². The van der Waals surface area contributed by atoms with Gasteiger partial charge in [0.2, 0.25) is 0 Å². The van der Waals surface area contributed by atoms with Gasteiger partial charge in [-0.05, 0) is 49.4 Å². The molecule has 0 radical (unpaired) electrons. The predicted molar refractivity (Wildman–Crippen MR) is 100 cm³/mol. The molecular formula is C18H15N3O3S2. The first-order chi connectivity index (χ1) is 12.5. The molecule has 0 saturated carbocycles. The highest BCUT2D eigenvalue weighted by Crippen LogP contribution is 2.39. The Morgan fingerprint density at radius 3 is 2.77 bits per heavy atom. The summed E-state index contributed by atoms with van der Waals surface area (Å²) in [6, 6.07) is 14.4. The van der Waals surface area contributed by atoms with Gasteiger partial charge < -0.3 is 9.72 Å². The molecule has 6 nitrogen and oxygen atoms in total. The first kappa shape index (κ1) is 16.7. The number of anilines is 1. The first-order valence-electron chi connectivity index (χ1n) is 7.94. The van der Waals surface area contributed by atoms with Gasteiger partial charge in [-0.1, -0.05) is 0 Å². The summed E-state index contributed by atoms with van der Waals surface area (Å²) in [4.78, 5) is 3.95. The summed E-state index contributed by atoms with van der Waals surface area (Å²) in [6.45, 7) is 2.44. The zero-order valence-electron chi connectivity index (χ0n) is 13.9. The van der Waals surface area contributed by atoms with Crippen molar-refractivity contribution in [2.24, 2.45) is 0 Å². The lowest BCUT2D eigenvalue weighted by Crippen LogP contribution is -2.37. The Bertz CT molecular complexity index is 1120. The molecule has 8 heteroatoms. The van der Waals surface area contributed by atoms with Crippen LogP contribution in [0.5, 0.6) is 5.75 Å². The Morgan fingerprint density at radius 1 is 1.23 bits per heavy atom. The van der Waals surface area contributed by atoms with E-state index in [2.05, 4.69) is 11.1 Å². The number of rotatable bonds is 3. The van der Waals surface area contributed by atoms with Crippen LogP contribution >= 0.6 is 11.3 Å². The summed E-state index contributed by atoms with van der Waals surface area (Å²) in [6.07, 6.45) is 0.